The highest BCUT2D eigenvalue weighted by molar-refractivity contribution is 5.50. The van der Waals surface area contributed by atoms with E-state index in [1.54, 1.807) is 12.1 Å². The third-order valence-corrected chi connectivity index (χ3v) is 1.67. The lowest BCUT2D eigenvalue weighted by Crippen LogP contribution is -2.02. The molecule has 0 aliphatic rings. The van der Waals surface area contributed by atoms with Crippen molar-refractivity contribution in [2.75, 3.05) is 0 Å². The Kier molecular flexibility index (Phi) is 4.04. The van der Waals surface area contributed by atoms with E-state index >= 15 is 0 Å². The first kappa shape index (κ1) is 10.6. The van der Waals surface area contributed by atoms with Gasteiger partial charge >= 0.3 is 6.61 Å². The molecule has 0 saturated carbocycles. The van der Waals surface area contributed by atoms with Crippen molar-refractivity contribution in [3.8, 4) is 5.75 Å². The Balaban J connectivity index is 2.63. The number of aldehydes is 1. The van der Waals surface area contributed by atoms with E-state index in [1.807, 2.05) is 0 Å². The molecule has 0 fully saturated rings. The Morgan fingerprint density at radius 1 is 1.43 bits per heavy atom. The Morgan fingerprint density at radius 3 is 2.86 bits per heavy atom. The largest absolute Gasteiger partial charge is 0.435 e. The third kappa shape index (κ3) is 3.51. The van der Waals surface area contributed by atoms with Gasteiger partial charge in [0.05, 0.1) is 0 Å². The average molecular weight is 200 g/mol. The standard InChI is InChI=1S/C10H10F2O2/c11-10(12)14-9-5-1-3-8(7-9)4-2-6-13/h1,3,5-7,10H,2,4H2. The number of carbonyl (C=O) groups is 1. The molecule has 2 nitrogen and oxygen atoms in total. The summed E-state index contributed by atoms with van der Waals surface area (Å²) in [6.45, 7) is -2.81. The first-order valence-electron chi connectivity index (χ1n) is 4.20. The fraction of sp³-hybridized carbons (Fsp3) is 0.300. The Bertz CT molecular complexity index is 300. The van der Waals surface area contributed by atoms with Gasteiger partial charge in [0.15, 0.2) is 0 Å². The minimum absolute atomic E-state index is 0.128. The molecule has 0 heterocycles. The third-order valence-electron chi connectivity index (χ3n) is 1.67. The molecule has 4 heteroatoms. The van der Waals surface area contributed by atoms with Crippen molar-refractivity contribution < 1.29 is 18.3 Å². The maximum atomic E-state index is 11.8. The minimum Gasteiger partial charge on any atom is -0.435 e. The predicted molar refractivity (Wildman–Crippen MR) is 47.5 cm³/mol. The molecule has 0 saturated heterocycles. The van der Waals surface area contributed by atoms with Crippen LogP contribution in [0.25, 0.3) is 0 Å². The summed E-state index contributed by atoms with van der Waals surface area (Å²) < 4.78 is 27.9. The van der Waals surface area contributed by atoms with E-state index in [0.29, 0.717) is 12.8 Å². The number of aryl methyl sites for hydroxylation is 1. The normalized spacial score (nSPS) is 10.2. The summed E-state index contributed by atoms with van der Waals surface area (Å²) in [5.41, 5.74) is 0.815. The van der Waals surface area contributed by atoms with E-state index < -0.39 is 6.61 Å². The maximum absolute atomic E-state index is 11.8. The number of halogens is 2. The zero-order valence-corrected chi connectivity index (χ0v) is 7.45. The number of alkyl halides is 2. The minimum atomic E-state index is -2.81. The zero-order chi connectivity index (χ0) is 10.4. The van der Waals surface area contributed by atoms with E-state index in [1.165, 1.54) is 12.1 Å². The van der Waals surface area contributed by atoms with Crippen molar-refractivity contribution in [1.82, 2.24) is 0 Å². The molecule has 0 amide bonds. The van der Waals surface area contributed by atoms with Crippen molar-refractivity contribution in [3.63, 3.8) is 0 Å². The van der Waals surface area contributed by atoms with Crippen molar-refractivity contribution in [2.45, 2.75) is 19.5 Å². The van der Waals surface area contributed by atoms with Crippen LogP contribution in [0.15, 0.2) is 24.3 Å². The average Bonchev–Trinajstić information content (AvgIpc) is 2.14. The fourth-order valence-corrected chi connectivity index (χ4v) is 1.10. The predicted octanol–water partition coefficient (Wildman–Crippen LogP) is 2.42. The lowest BCUT2D eigenvalue weighted by molar-refractivity contribution is -0.107. The number of hydrogen-bond acceptors (Lipinski definition) is 2. The summed E-state index contributed by atoms with van der Waals surface area (Å²) >= 11 is 0. The van der Waals surface area contributed by atoms with E-state index in [0.717, 1.165) is 11.8 Å². The van der Waals surface area contributed by atoms with Gasteiger partial charge in [0.2, 0.25) is 0 Å². The summed E-state index contributed by atoms with van der Waals surface area (Å²) in [7, 11) is 0. The van der Waals surface area contributed by atoms with Gasteiger partial charge in [-0.1, -0.05) is 12.1 Å². The Labute approximate surface area is 80.5 Å². The number of ether oxygens (including phenoxy) is 1. The van der Waals surface area contributed by atoms with Crippen LogP contribution in [0.1, 0.15) is 12.0 Å². The van der Waals surface area contributed by atoms with Crippen LogP contribution in [0.4, 0.5) is 8.78 Å². The van der Waals surface area contributed by atoms with Gasteiger partial charge < -0.3 is 9.53 Å². The summed E-state index contributed by atoms with van der Waals surface area (Å²) in [6.07, 6.45) is 1.72. The second-order valence-corrected chi connectivity index (χ2v) is 2.73. The van der Waals surface area contributed by atoms with Gasteiger partial charge in [0.25, 0.3) is 0 Å². The van der Waals surface area contributed by atoms with E-state index in [2.05, 4.69) is 4.74 Å². The van der Waals surface area contributed by atoms with Crippen LogP contribution in [0, 0.1) is 0 Å². The zero-order valence-electron chi connectivity index (χ0n) is 7.45. The van der Waals surface area contributed by atoms with Crippen LogP contribution in [0.5, 0.6) is 5.75 Å². The summed E-state index contributed by atoms with van der Waals surface area (Å²) in [5, 5.41) is 0. The summed E-state index contributed by atoms with van der Waals surface area (Å²) in [6, 6.07) is 6.35. The molecular formula is C10H10F2O2. The summed E-state index contributed by atoms with van der Waals surface area (Å²) in [5.74, 6) is 0.128. The molecule has 76 valence electrons. The highest BCUT2D eigenvalue weighted by atomic mass is 19.3. The molecule has 1 rings (SSSR count). The van der Waals surface area contributed by atoms with Crippen LogP contribution in [0.3, 0.4) is 0 Å². The highest BCUT2D eigenvalue weighted by Crippen LogP contribution is 2.16. The molecule has 0 radical (unpaired) electrons. The number of carbonyl (C=O) groups excluding carboxylic acids is 1. The highest BCUT2D eigenvalue weighted by Gasteiger charge is 2.04. The van der Waals surface area contributed by atoms with Crippen LogP contribution in [-0.4, -0.2) is 12.9 Å². The number of benzene rings is 1. The van der Waals surface area contributed by atoms with E-state index in [9.17, 15) is 13.6 Å². The number of rotatable bonds is 5. The second-order valence-electron chi connectivity index (χ2n) is 2.73. The Morgan fingerprint density at radius 2 is 2.21 bits per heavy atom. The van der Waals surface area contributed by atoms with E-state index in [-0.39, 0.29) is 5.75 Å². The number of hydrogen-bond donors (Lipinski definition) is 0. The van der Waals surface area contributed by atoms with Crippen molar-refractivity contribution in [2.24, 2.45) is 0 Å². The molecule has 0 spiro atoms. The van der Waals surface area contributed by atoms with Gasteiger partial charge in [-0.3, -0.25) is 0 Å². The molecule has 1 aromatic carbocycles. The molecule has 1 aromatic rings. The SMILES string of the molecule is O=CCCc1cccc(OC(F)F)c1. The van der Waals surface area contributed by atoms with Crippen molar-refractivity contribution in [3.05, 3.63) is 29.8 Å². The first-order chi connectivity index (χ1) is 6.72. The van der Waals surface area contributed by atoms with E-state index in [4.69, 9.17) is 0 Å². The molecule has 0 bridgehead atoms. The van der Waals surface area contributed by atoms with Gasteiger partial charge in [-0.25, -0.2) is 0 Å². The van der Waals surface area contributed by atoms with Crippen LogP contribution >= 0.6 is 0 Å². The molecule has 0 unspecified atom stereocenters. The Hall–Kier alpha value is -1.45. The monoisotopic (exact) mass is 200 g/mol. The molecule has 0 aliphatic heterocycles. The molecular weight excluding hydrogens is 190 g/mol. The molecule has 0 aliphatic carbocycles. The van der Waals surface area contributed by atoms with Gasteiger partial charge in [0, 0.05) is 6.42 Å². The molecule has 0 aromatic heterocycles. The van der Waals surface area contributed by atoms with Crippen LogP contribution in [0.2, 0.25) is 0 Å². The van der Waals surface area contributed by atoms with Gasteiger partial charge in [-0.15, -0.1) is 0 Å². The molecule has 0 atom stereocenters. The molecule has 0 N–H and O–H groups in total. The molecule has 14 heavy (non-hydrogen) atoms. The summed E-state index contributed by atoms with van der Waals surface area (Å²) in [4.78, 5) is 10.1. The van der Waals surface area contributed by atoms with Gasteiger partial charge in [-0.2, -0.15) is 8.78 Å². The topological polar surface area (TPSA) is 26.3 Å². The first-order valence-corrected chi connectivity index (χ1v) is 4.20. The van der Waals surface area contributed by atoms with Crippen molar-refractivity contribution >= 4 is 6.29 Å². The quantitative estimate of drug-likeness (QED) is 0.682. The lowest BCUT2D eigenvalue weighted by atomic mass is 10.1. The van der Waals surface area contributed by atoms with Gasteiger partial charge in [-0.05, 0) is 24.1 Å². The van der Waals surface area contributed by atoms with Crippen LogP contribution in [-0.2, 0) is 11.2 Å². The van der Waals surface area contributed by atoms with Crippen molar-refractivity contribution in [1.29, 1.82) is 0 Å². The second kappa shape index (κ2) is 5.32. The van der Waals surface area contributed by atoms with Crippen LogP contribution < -0.4 is 4.74 Å². The fourth-order valence-electron chi connectivity index (χ4n) is 1.10. The van der Waals surface area contributed by atoms with Gasteiger partial charge in [0.1, 0.15) is 12.0 Å². The lowest BCUT2D eigenvalue weighted by Gasteiger charge is -2.05. The smallest absolute Gasteiger partial charge is 0.387 e. The maximum Gasteiger partial charge on any atom is 0.387 e.